The quantitative estimate of drug-likeness (QED) is 0.662. The maximum atomic E-state index is 11.1. The van der Waals surface area contributed by atoms with Crippen molar-refractivity contribution in [3.05, 3.63) is 63.7 Å². The fourth-order valence-corrected chi connectivity index (χ4v) is 2.12. The Morgan fingerprint density at radius 1 is 1.24 bits per heavy atom. The molecule has 0 aliphatic heterocycles. The molecule has 0 saturated carbocycles. The van der Waals surface area contributed by atoms with E-state index in [9.17, 15) is 10.1 Å². The van der Waals surface area contributed by atoms with Gasteiger partial charge in [0.2, 0.25) is 5.75 Å². The number of aryl methyl sites for hydroxylation is 1. The molecule has 0 aliphatic rings. The molecule has 0 amide bonds. The lowest BCUT2D eigenvalue weighted by atomic mass is 10.0. The zero-order valence-electron chi connectivity index (χ0n) is 12.1. The van der Waals surface area contributed by atoms with Crippen LogP contribution in [0.3, 0.4) is 0 Å². The molecule has 0 spiro atoms. The third-order valence-corrected chi connectivity index (χ3v) is 3.36. The van der Waals surface area contributed by atoms with Gasteiger partial charge < -0.3 is 10.5 Å². The van der Waals surface area contributed by atoms with E-state index >= 15 is 0 Å². The maximum Gasteiger partial charge on any atom is 0.311 e. The van der Waals surface area contributed by atoms with Crippen molar-refractivity contribution >= 4 is 5.69 Å². The lowest BCUT2D eigenvalue weighted by Gasteiger charge is -2.16. The van der Waals surface area contributed by atoms with E-state index in [1.807, 2.05) is 25.1 Å². The molecule has 0 bridgehead atoms. The number of rotatable bonds is 5. The molecule has 0 aliphatic carbocycles. The first-order chi connectivity index (χ1) is 10.0. The number of nitrogens with zero attached hydrogens (tertiary/aromatic N) is 1. The number of ether oxygens (including phenoxy) is 1. The van der Waals surface area contributed by atoms with Gasteiger partial charge in [-0.15, -0.1) is 0 Å². The number of nitro benzene ring substituents is 1. The van der Waals surface area contributed by atoms with Gasteiger partial charge in [0, 0.05) is 17.7 Å². The van der Waals surface area contributed by atoms with Crippen LogP contribution in [-0.2, 0) is 0 Å². The molecule has 1 atom stereocenters. The summed E-state index contributed by atoms with van der Waals surface area (Å²) in [5.41, 5.74) is 7.58. The first-order valence-corrected chi connectivity index (χ1v) is 6.81. The molecule has 5 heteroatoms. The summed E-state index contributed by atoms with van der Waals surface area (Å²) in [4.78, 5) is 10.7. The van der Waals surface area contributed by atoms with Gasteiger partial charge >= 0.3 is 5.69 Å². The zero-order chi connectivity index (χ0) is 15.4. The van der Waals surface area contributed by atoms with Gasteiger partial charge in [-0.1, -0.05) is 37.3 Å². The first kappa shape index (κ1) is 15.0. The number of nitrogens with two attached hydrogens (primary N) is 1. The fraction of sp³-hybridized carbons (Fsp3) is 0.250. The molecule has 0 unspecified atom stereocenters. The van der Waals surface area contributed by atoms with E-state index in [1.54, 1.807) is 25.1 Å². The molecule has 0 aromatic heterocycles. The van der Waals surface area contributed by atoms with E-state index < -0.39 is 4.92 Å². The number of nitro groups is 1. The van der Waals surface area contributed by atoms with Gasteiger partial charge in [0.05, 0.1) is 4.92 Å². The van der Waals surface area contributed by atoms with Crippen molar-refractivity contribution in [1.82, 2.24) is 0 Å². The molecule has 2 aromatic rings. The maximum absolute atomic E-state index is 11.1. The number of hydrogen-bond donors (Lipinski definition) is 1. The molecule has 0 fully saturated rings. The summed E-state index contributed by atoms with van der Waals surface area (Å²) in [6.07, 6.45) is 0.760. The summed E-state index contributed by atoms with van der Waals surface area (Å²) in [7, 11) is 0. The van der Waals surface area contributed by atoms with Crippen molar-refractivity contribution in [2.45, 2.75) is 26.3 Å². The monoisotopic (exact) mass is 286 g/mol. The Kier molecular flexibility index (Phi) is 4.55. The van der Waals surface area contributed by atoms with Crippen LogP contribution in [0, 0.1) is 17.0 Å². The van der Waals surface area contributed by atoms with Crippen LogP contribution in [-0.4, -0.2) is 4.92 Å². The second kappa shape index (κ2) is 6.37. The number of hydrogen-bond acceptors (Lipinski definition) is 4. The van der Waals surface area contributed by atoms with Gasteiger partial charge in [-0.25, -0.2) is 0 Å². The van der Waals surface area contributed by atoms with Gasteiger partial charge in [-0.05, 0) is 25.0 Å². The summed E-state index contributed by atoms with van der Waals surface area (Å²) >= 11 is 0. The second-order valence-corrected chi connectivity index (χ2v) is 4.83. The normalized spacial score (nSPS) is 12.0. The average Bonchev–Trinajstić information content (AvgIpc) is 2.48. The molecule has 2 rings (SSSR count). The minimum Gasteiger partial charge on any atom is -0.449 e. The summed E-state index contributed by atoms with van der Waals surface area (Å²) in [6.45, 7) is 3.77. The van der Waals surface area contributed by atoms with Gasteiger partial charge in [0.25, 0.3) is 0 Å². The average molecular weight is 286 g/mol. The topological polar surface area (TPSA) is 78.4 Å². The standard InChI is InChI=1S/C16H18N2O3/c1-3-13(17)12-8-4-5-10-15(12)21-16-11(2)7-6-9-14(16)18(19)20/h4-10,13H,3,17H2,1-2H3/t13-/m0/s1. The van der Waals surface area contributed by atoms with Crippen LogP contribution < -0.4 is 10.5 Å². The summed E-state index contributed by atoms with van der Waals surface area (Å²) < 4.78 is 5.83. The Labute approximate surface area is 123 Å². The predicted octanol–water partition coefficient (Wildman–Crippen LogP) is 4.11. The fourth-order valence-electron chi connectivity index (χ4n) is 2.12. The third-order valence-electron chi connectivity index (χ3n) is 3.36. The smallest absolute Gasteiger partial charge is 0.311 e. The highest BCUT2D eigenvalue weighted by atomic mass is 16.6. The SMILES string of the molecule is CC[C@H](N)c1ccccc1Oc1c(C)cccc1[N+](=O)[O-]. The van der Waals surface area contributed by atoms with E-state index in [-0.39, 0.29) is 17.5 Å². The Morgan fingerprint density at radius 3 is 2.62 bits per heavy atom. The summed E-state index contributed by atoms with van der Waals surface area (Å²) in [6, 6.07) is 12.1. The van der Waals surface area contributed by atoms with Crippen LogP contribution >= 0.6 is 0 Å². The largest absolute Gasteiger partial charge is 0.449 e. The van der Waals surface area contributed by atoms with Gasteiger partial charge in [0.1, 0.15) is 5.75 Å². The number of benzene rings is 2. The van der Waals surface area contributed by atoms with Crippen LogP contribution in [0.1, 0.15) is 30.5 Å². The molecule has 0 saturated heterocycles. The van der Waals surface area contributed by atoms with Crippen LogP contribution in [0.2, 0.25) is 0 Å². The molecule has 2 N–H and O–H groups in total. The lowest BCUT2D eigenvalue weighted by Crippen LogP contribution is -2.10. The van der Waals surface area contributed by atoms with Crippen LogP contribution in [0.25, 0.3) is 0 Å². The van der Waals surface area contributed by atoms with Crippen molar-refractivity contribution in [1.29, 1.82) is 0 Å². The van der Waals surface area contributed by atoms with Gasteiger partial charge in [-0.3, -0.25) is 10.1 Å². The van der Waals surface area contributed by atoms with Gasteiger partial charge in [0.15, 0.2) is 0 Å². The minimum atomic E-state index is -0.440. The Morgan fingerprint density at radius 2 is 1.95 bits per heavy atom. The van der Waals surface area contributed by atoms with Crippen molar-refractivity contribution < 1.29 is 9.66 Å². The molecule has 5 nitrogen and oxygen atoms in total. The van der Waals surface area contributed by atoms with Gasteiger partial charge in [-0.2, -0.15) is 0 Å². The Hall–Kier alpha value is -2.40. The predicted molar refractivity (Wildman–Crippen MR) is 81.6 cm³/mol. The molecule has 21 heavy (non-hydrogen) atoms. The Bertz CT molecular complexity index is 656. The van der Waals surface area contributed by atoms with E-state index in [1.165, 1.54) is 6.07 Å². The molecular weight excluding hydrogens is 268 g/mol. The van der Waals surface area contributed by atoms with E-state index in [0.717, 1.165) is 12.0 Å². The zero-order valence-corrected chi connectivity index (χ0v) is 12.1. The molecule has 0 heterocycles. The summed E-state index contributed by atoms with van der Waals surface area (Å²) in [5.74, 6) is 0.822. The number of para-hydroxylation sites is 2. The van der Waals surface area contributed by atoms with Crippen molar-refractivity contribution in [3.8, 4) is 11.5 Å². The Balaban J connectivity index is 2.46. The molecule has 0 radical (unpaired) electrons. The van der Waals surface area contributed by atoms with E-state index in [0.29, 0.717) is 11.3 Å². The third kappa shape index (κ3) is 3.20. The molecule has 110 valence electrons. The van der Waals surface area contributed by atoms with Crippen molar-refractivity contribution in [2.75, 3.05) is 0 Å². The first-order valence-electron chi connectivity index (χ1n) is 6.81. The van der Waals surface area contributed by atoms with Crippen LogP contribution in [0.5, 0.6) is 11.5 Å². The lowest BCUT2D eigenvalue weighted by molar-refractivity contribution is -0.385. The van der Waals surface area contributed by atoms with Crippen LogP contribution in [0.4, 0.5) is 5.69 Å². The van der Waals surface area contributed by atoms with E-state index in [2.05, 4.69) is 0 Å². The highest BCUT2D eigenvalue weighted by Gasteiger charge is 2.19. The van der Waals surface area contributed by atoms with Crippen LogP contribution in [0.15, 0.2) is 42.5 Å². The highest BCUT2D eigenvalue weighted by Crippen LogP contribution is 2.37. The van der Waals surface area contributed by atoms with Crippen molar-refractivity contribution in [3.63, 3.8) is 0 Å². The summed E-state index contributed by atoms with van der Waals surface area (Å²) in [5, 5.41) is 11.1. The van der Waals surface area contributed by atoms with Crippen molar-refractivity contribution in [2.24, 2.45) is 5.73 Å². The second-order valence-electron chi connectivity index (χ2n) is 4.83. The minimum absolute atomic E-state index is 0.0464. The van der Waals surface area contributed by atoms with E-state index in [4.69, 9.17) is 10.5 Å². The molecular formula is C16H18N2O3. The molecule has 2 aromatic carbocycles. The highest BCUT2D eigenvalue weighted by molar-refractivity contribution is 5.54.